The van der Waals surface area contributed by atoms with Crippen LogP contribution in [0.1, 0.15) is 25.3 Å². The van der Waals surface area contributed by atoms with Crippen molar-refractivity contribution in [2.24, 2.45) is 5.41 Å². The highest BCUT2D eigenvalue weighted by Gasteiger charge is 2.22. The smallest absolute Gasteiger partial charge is 0.204 e. The SMILES string of the molecule is CC(C)(CO)CNCc1ccc(Nc2ncc(SCc3ncc([Si](C)(C)C)o3)s2)nc1. The lowest BCUT2D eigenvalue weighted by atomic mass is 9.95. The first-order valence-corrected chi connectivity index (χ1v) is 15.5. The molecule has 0 bridgehead atoms. The Labute approximate surface area is 193 Å². The molecule has 0 radical (unpaired) electrons. The normalized spacial score (nSPS) is 12.3. The highest BCUT2D eigenvalue weighted by molar-refractivity contribution is 8.00. The number of thioether (sulfide) groups is 1. The van der Waals surface area contributed by atoms with E-state index in [2.05, 4.69) is 45.2 Å². The van der Waals surface area contributed by atoms with Crippen LogP contribution in [-0.4, -0.2) is 41.3 Å². The number of nitrogens with one attached hydrogen (secondary N) is 2. The summed E-state index contributed by atoms with van der Waals surface area (Å²) in [7, 11) is -1.46. The lowest BCUT2D eigenvalue weighted by Crippen LogP contribution is -2.36. The predicted octanol–water partition coefficient (Wildman–Crippen LogP) is 4.22. The van der Waals surface area contributed by atoms with Gasteiger partial charge in [-0.2, -0.15) is 0 Å². The van der Waals surface area contributed by atoms with Gasteiger partial charge in [-0.3, -0.25) is 0 Å². The third kappa shape index (κ3) is 7.43. The number of anilines is 2. The quantitative estimate of drug-likeness (QED) is 0.279. The van der Waals surface area contributed by atoms with Gasteiger partial charge < -0.3 is 20.2 Å². The average molecular weight is 478 g/mol. The van der Waals surface area contributed by atoms with Crippen LogP contribution in [0.15, 0.2) is 39.3 Å². The second-order valence-corrected chi connectivity index (χ2v) is 16.5. The van der Waals surface area contributed by atoms with E-state index >= 15 is 0 Å². The fourth-order valence-electron chi connectivity index (χ4n) is 2.55. The lowest BCUT2D eigenvalue weighted by Gasteiger charge is -2.21. The number of hydrogen-bond donors (Lipinski definition) is 3. The molecule has 0 saturated heterocycles. The van der Waals surface area contributed by atoms with Gasteiger partial charge in [0.1, 0.15) is 19.3 Å². The molecule has 3 N–H and O–H groups in total. The Balaban J connectivity index is 1.47. The molecule has 3 aromatic heterocycles. The Hall–Kier alpha value is -1.72. The monoisotopic (exact) mass is 477 g/mol. The summed E-state index contributed by atoms with van der Waals surface area (Å²) < 4.78 is 7.01. The van der Waals surface area contributed by atoms with Gasteiger partial charge in [-0.1, -0.05) is 50.9 Å². The molecule has 10 heteroatoms. The van der Waals surface area contributed by atoms with Crippen LogP contribution >= 0.6 is 23.1 Å². The van der Waals surface area contributed by atoms with E-state index in [-0.39, 0.29) is 12.0 Å². The van der Waals surface area contributed by atoms with Gasteiger partial charge in [-0.15, -0.1) is 11.8 Å². The summed E-state index contributed by atoms with van der Waals surface area (Å²) in [5, 5.41) is 17.8. The van der Waals surface area contributed by atoms with Crippen LogP contribution in [0.2, 0.25) is 19.6 Å². The highest BCUT2D eigenvalue weighted by atomic mass is 32.2. The number of aliphatic hydroxyl groups is 1. The molecule has 0 spiro atoms. The first-order chi connectivity index (χ1) is 14.6. The van der Waals surface area contributed by atoms with E-state index in [4.69, 9.17) is 4.42 Å². The second-order valence-electron chi connectivity index (χ2n) is 9.24. The first kappa shape index (κ1) is 23.9. The van der Waals surface area contributed by atoms with Gasteiger partial charge in [0, 0.05) is 31.3 Å². The van der Waals surface area contributed by atoms with Crippen LogP contribution in [0.3, 0.4) is 0 Å². The molecule has 31 heavy (non-hydrogen) atoms. The Morgan fingerprint density at radius 3 is 2.58 bits per heavy atom. The van der Waals surface area contributed by atoms with E-state index in [0.717, 1.165) is 45.1 Å². The van der Waals surface area contributed by atoms with Crippen molar-refractivity contribution >= 4 is 47.5 Å². The van der Waals surface area contributed by atoms with E-state index in [1.807, 2.05) is 44.6 Å². The minimum absolute atomic E-state index is 0.126. The third-order valence-corrected chi connectivity index (χ3v) is 8.34. The molecule has 0 aromatic carbocycles. The molecule has 3 heterocycles. The maximum absolute atomic E-state index is 9.32. The molecular formula is C21H31N5O2S2Si. The summed E-state index contributed by atoms with van der Waals surface area (Å²) >= 11 is 3.26. The van der Waals surface area contributed by atoms with Gasteiger partial charge in [-0.05, 0) is 11.6 Å². The fraction of sp³-hybridized carbons (Fsp3) is 0.476. The largest absolute Gasteiger partial charge is 0.450 e. The minimum Gasteiger partial charge on any atom is -0.450 e. The van der Waals surface area contributed by atoms with Crippen molar-refractivity contribution in [2.75, 3.05) is 18.5 Å². The van der Waals surface area contributed by atoms with Gasteiger partial charge in [0.2, 0.25) is 5.89 Å². The summed E-state index contributed by atoms with van der Waals surface area (Å²) in [6.07, 6.45) is 5.59. The number of hydrogen-bond acceptors (Lipinski definition) is 9. The van der Waals surface area contributed by atoms with Crippen LogP contribution in [0, 0.1) is 5.41 Å². The number of rotatable bonds is 11. The molecule has 0 aliphatic carbocycles. The molecule has 0 fully saturated rings. The van der Waals surface area contributed by atoms with Crippen molar-refractivity contribution in [3.63, 3.8) is 0 Å². The summed E-state index contributed by atoms with van der Waals surface area (Å²) in [6.45, 7) is 12.4. The van der Waals surface area contributed by atoms with Crippen LogP contribution < -0.4 is 16.0 Å². The van der Waals surface area contributed by atoms with E-state index in [9.17, 15) is 5.11 Å². The summed E-state index contributed by atoms with van der Waals surface area (Å²) in [5.74, 6) is 2.22. The molecule has 0 saturated carbocycles. The standard InChI is InChI=1S/C21H31N5O2S2Si/c1-21(2,14-27)13-22-8-15-6-7-16(23-9-15)26-20-25-11-19(30-20)29-12-17-24-10-18(28-17)31(3,4)5/h6-7,9-11,22,27H,8,12-14H2,1-5H3,(H,23,25,26). The molecule has 0 amide bonds. The number of pyridine rings is 1. The van der Waals surface area contributed by atoms with Crippen LogP contribution in [0.25, 0.3) is 0 Å². The van der Waals surface area contributed by atoms with Crippen LogP contribution in [-0.2, 0) is 12.3 Å². The number of oxazole rings is 1. The molecular weight excluding hydrogens is 446 g/mol. The van der Waals surface area contributed by atoms with Crippen LogP contribution in [0.5, 0.6) is 0 Å². The van der Waals surface area contributed by atoms with Gasteiger partial charge in [-0.25, -0.2) is 15.0 Å². The predicted molar refractivity (Wildman–Crippen MR) is 131 cm³/mol. The third-order valence-electron chi connectivity index (χ3n) is 4.54. The topological polar surface area (TPSA) is 96.1 Å². The summed E-state index contributed by atoms with van der Waals surface area (Å²) in [5.41, 5.74) is 0.970. The molecule has 3 aromatic rings. The van der Waals surface area contributed by atoms with Crippen molar-refractivity contribution in [2.45, 2.75) is 50.0 Å². The van der Waals surface area contributed by atoms with E-state index in [1.165, 1.54) is 0 Å². The van der Waals surface area contributed by atoms with E-state index < -0.39 is 8.07 Å². The zero-order chi connectivity index (χ0) is 22.5. The van der Waals surface area contributed by atoms with Crippen molar-refractivity contribution in [3.05, 3.63) is 42.2 Å². The van der Waals surface area contributed by atoms with Gasteiger partial charge in [0.15, 0.2) is 5.13 Å². The van der Waals surface area contributed by atoms with Gasteiger partial charge in [0.05, 0.1) is 22.4 Å². The van der Waals surface area contributed by atoms with E-state index in [0.29, 0.717) is 5.75 Å². The van der Waals surface area contributed by atoms with Gasteiger partial charge in [0.25, 0.3) is 0 Å². The van der Waals surface area contributed by atoms with Crippen molar-refractivity contribution < 1.29 is 9.52 Å². The Kier molecular flexibility index (Phi) is 7.92. The van der Waals surface area contributed by atoms with E-state index in [1.54, 1.807) is 23.1 Å². The molecule has 0 unspecified atom stereocenters. The first-order valence-electron chi connectivity index (χ1n) is 10.2. The summed E-state index contributed by atoms with van der Waals surface area (Å²) in [4.78, 5) is 13.3. The molecule has 3 rings (SSSR count). The molecule has 168 valence electrons. The average Bonchev–Trinajstić information content (AvgIpc) is 3.37. The fourth-order valence-corrected chi connectivity index (χ4v) is 5.16. The number of nitrogens with zero attached hydrogens (tertiary/aromatic N) is 3. The summed E-state index contributed by atoms with van der Waals surface area (Å²) in [6, 6.07) is 3.99. The van der Waals surface area contributed by atoms with Crippen LogP contribution in [0.4, 0.5) is 10.9 Å². The van der Waals surface area contributed by atoms with Crippen molar-refractivity contribution in [1.82, 2.24) is 20.3 Å². The number of thiazole rings is 1. The number of aromatic nitrogens is 3. The van der Waals surface area contributed by atoms with Crippen molar-refractivity contribution in [1.29, 1.82) is 0 Å². The molecule has 0 aliphatic rings. The molecule has 0 atom stereocenters. The Morgan fingerprint density at radius 1 is 1.13 bits per heavy atom. The highest BCUT2D eigenvalue weighted by Crippen LogP contribution is 2.31. The maximum atomic E-state index is 9.32. The second kappa shape index (κ2) is 10.3. The Morgan fingerprint density at radius 2 is 1.94 bits per heavy atom. The molecule has 7 nitrogen and oxygen atoms in total. The number of aliphatic hydroxyl groups excluding tert-OH is 1. The minimum atomic E-state index is -1.46. The molecule has 0 aliphatic heterocycles. The zero-order valence-electron chi connectivity index (χ0n) is 18.7. The maximum Gasteiger partial charge on any atom is 0.204 e. The van der Waals surface area contributed by atoms with Gasteiger partial charge >= 0.3 is 0 Å². The van der Waals surface area contributed by atoms with Crippen molar-refractivity contribution in [3.8, 4) is 0 Å². The zero-order valence-corrected chi connectivity index (χ0v) is 21.4. The lowest BCUT2D eigenvalue weighted by molar-refractivity contribution is 0.156. The Bertz CT molecular complexity index is 967.